The van der Waals surface area contributed by atoms with Gasteiger partial charge in [0.15, 0.2) is 0 Å². The number of anilines is 1. The number of hydrogen-bond acceptors (Lipinski definition) is 5. The van der Waals surface area contributed by atoms with Crippen LogP contribution in [0.1, 0.15) is 17.5 Å². The van der Waals surface area contributed by atoms with Gasteiger partial charge in [-0.15, -0.1) is 0 Å². The van der Waals surface area contributed by atoms with Crippen molar-refractivity contribution in [1.82, 2.24) is 5.32 Å². The summed E-state index contributed by atoms with van der Waals surface area (Å²) in [6.45, 7) is 0.275. The molecule has 1 aliphatic heterocycles. The van der Waals surface area contributed by atoms with Crippen molar-refractivity contribution in [2.24, 2.45) is 4.99 Å². The molecule has 0 atom stereocenters. The molecule has 1 N–H and O–H groups in total. The molecule has 168 valence electrons. The van der Waals surface area contributed by atoms with Crippen LogP contribution in [0.3, 0.4) is 0 Å². The fraction of sp³-hybridized carbons (Fsp3) is 0.192. The molecule has 0 fully saturated rings. The van der Waals surface area contributed by atoms with Crippen LogP contribution in [0.25, 0.3) is 0 Å². The first-order chi connectivity index (χ1) is 16.1. The normalized spacial score (nSPS) is 13.0. The minimum atomic E-state index is -0.248. The number of aliphatic imine (C=N–C) groups is 1. The largest absolute Gasteiger partial charge is 0.497 e. The first-order valence-electron chi connectivity index (χ1n) is 10.6. The molecule has 7 nitrogen and oxygen atoms in total. The van der Waals surface area contributed by atoms with E-state index >= 15 is 0 Å². The zero-order valence-electron chi connectivity index (χ0n) is 18.6. The van der Waals surface area contributed by atoms with Crippen LogP contribution in [0.2, 0.25) is 0 Å². The molecule has 0 bridgehead atoms. The number of rotatable bonds is 7. The molecule has 3 aromatic rings. The van der Waals surface area contributed by atoms with Crippen molar-refractivity contribution in [3.63, 3.8) is 0 Å². The Bertz CT molecular complexity index is 1170. The Kier molecular flexibility index (Phi) is 6.69. The Labute approximate surface area is 192 Å². The molecule has 1 aliphatic rings. The number of para-hydroxylation sites is 2. The number of methoxy groups -OCH3 is 2. The summed E-state index contributed by atoms with van der Waals surface area (Å²) in [4.78, 5) is 32.2. The molecule has 0 unspecified atom stereocenters. The second kappa shape index (κ2) is 9.99. The summed E-state index contributed by atoms with van der Waals surface area (Å²) in [7, 11) is 3.21. The summed E-state index contributed by atoms with van der Waals surface area (Å²) in [5.74, 6) is 1.05. The lowest BCUT2D eigenvalue weighted by Crippen LogP contribution is -2.41. The van der Waals surface area contributed by atoms with Crippen LogP contribution in [-0.4, -0.2) is 38.3 Å². The number of amides is 2. The molecule has 7 heteroatoms. The molecule has 0 aromatic heterocycles. The number of nitrogens with one attached hydrogen (secondary N) is 1. The summed E-state index contributed by atoms with van der Waals surface area (Å²) in [6, 6.07) is 22.3. The van der Waals surface area contributed by atoms with E-state index in [1.165, 1.54) is 4.90 Å². The second-order valence-corrected chi connectivity index (χ2v) is 7.56. The van der Waals surface area contributed by atoms with Crippen molar-refractivity contribution in [1.29, 1.82) is 0 Å². The van der Waals surface area contributed by atoms with Crippen LogP contribution < -0.4 is 19.7 Å². The van der Waals surface area contributed by atoms with E-state index in [9.17, 15) is 9.59 Å². The Morgan fingerprint density at radius 3 is 2.24 bits per heavy atom. The lowest BCUT2D eigenvalue weighted by Gasteiger charge is -2.22. The van der Waals surface area contributed by atoms with Gasteiger partial charge in [-0.3, -0.25) is 14.6 Å². The Morgan fingerprint density at radius 1 is 0.939 bits per heavy atom. The van der Waals surface area contributed by atoms with Crippen molar-refractivity contribution < 1.29 is 19.1 Å². The summed E-state index contributed by atoms with van der Waals surface area (Å²) in [5, 5.41) is 2.89. The number of carbonyl (C=O) groups is 2. The number of nitrogens with zero attached hydrogens (tertiary/aromatic N) is 2. The maximum Gasteiger partial charge on any atom is 0.240 e. The number of fused-ring (bicyclic) bond motifs is 1. The van der Waals surface area contributed by atoms with E-state index in [1.807, 2.05) is 72.8 Å². The average molecular weight is 444 g/mol. The molecule has 2 amide bonds. The van der Waals surface area contributed by atoms with Gasteiger partial charge in [-0.1, -0.05) is 24.3 Å². The van der Waals surface area contributed by atoms with Gasteiger partial charge in [0, 0.05) is 6.54 Å². The maximum atomic E-state index is 13.2. The molecular formula is C26H25N3O4. The lowest BCUT2D eigenvalue weighted by molar-refractivity contribution is -0.123. The van der Waals surface area contributed by atoms with Crippen molar-refractivity contribution >= 4 is 28.9 Å². The monoisotopic (exact) mass is 443 g/mol. The maximum absolute atomic E-state index is 13.2. The second-order valence-electron chi connectivity index (χ2n) is 7.56. The molecule has 1 heterocycles. The standard InChI is InChI=1S/C26H25N3O4/c1-32-20-11-7-18(8-12-20)16-27-25(30)17-29-24-6-4-3-5-22(24)28-23(15-26(29)31)19-9-13-21(33-2)14-10-19/h3-14H,15-17H2,1-2H3,(H,27,30). The van der Waals surface area contributed by atoms with Gasteiger partial charge >= 0.3 is 0 Å². The van der Waals surface area contributed by atoms with Gasteiger partial charge in [0.2, 0.25) is 11.8 Å². The van der Waals surface area contributed by atoms with Gasteiger partial charge in [-0.2, -0.15) is 0 Å². The Morgan fingerprint density at radius 2 is 1.58 bits per heavy atom. The van der Waals surface area contributed by atoms with E-state index in [2.05, 4.69) is 5.32 Å². The van der Waals surface area contributed by atoms with Gasteiger partial charge in [-0.25, -0.2) is 0 Å². The van der Waals surface area contributed by atoms with Gasteiger partial charge in [-0.05, 0) is 59.7 Å². The van der Waals surface area contributed by atoms with Crippen LogP contribution in [0.4, 0.5) is 11.4 Å². The van der Waals surface area contributed by atoms with Crippen LogP contribution in [0, 0.1) is 0 Å². The summed E-state index contributed by atoms with van der Waals surface area (Å²) in [5.41, 5.74) is 3.70. The molecular weight excluding hydrogens is 418 g/mol. The average Bonchev–Trinajstić information content (AvgIpc) is 2.99. The topological polar surface area (TPSA) is 80.2 Å². The molecule has 0 radical (unpaired) electrons. The van der Waals surface area contributed by atoms with Crippen molar-refractivity contribution in [2.45, 2.75) is 13.0 Å². The molecule has 0 aliphatic carbocycles. The predicted molar refractivity (Wildman–Crippen MR) is 127 cm³/mol. The van der Waals surface area contributed by atoms with E-state index in [-0.39, 0.29) is 24.8 Å². The van der Waals surface area contributed by atoms with E-state index in [0.29, 0.717) is 23.6 Å². The minimum absolute atomic E-state index is 0.0859. The highest BCUT2D eigenvalue weighted by atomic mass is 16.5. The molecule has 0 saturated carbocycles. The third kappa shape index (κ3) is 5.20. The van der Waals surface area contributed by atoms with Crippen LogP contribution in [0.15, 0.2) is 77.8 Å². The molecule has 0 saturated heterocycles. The Hall–Kier alpha value is -4.13. The third-order valence-electron chi connectivity index (χ3n) is 5.42. The van der Waals surface area contributed by atoms with E-state index in [0.717, 1.165) is 22.6 Å². The fourth-order valence-corrected chi connectivity index (χ4v) is 3.61. The molecule has 3 aromatic carbocycles. The van der Waals surface area contributed by atoms with Crippen molar-refractivity contribution in [2.75, 3.05) is 25.7 Å². The molecule has 0 spiro atoms. The van der Waals surface area contributed by atoms with E-state index in [1.54, 1.807) is 14.2 Å². The molecule has 4 rings (SSSR count). The number of carbonyl (C=O) groups excluding carboxylic acids is 2. The first kappa shape index (κ1) is 22.1. The zero-order valence-corrected chi connectivity index (χ0v) is 18.6. The minimum Gasteiger partial charge on any atom is -0.497 e. The zero-order chi connectivity index (χ0) is 23.2. The first-order valence-corrected chi connectivity index (χ1v) is 10.6. The van der Waals surface area contributed by atoms with Crippen LogP contribution in [-0.2, 0) is 16.1 Å². The number of ether oxygens (including phenoxy) is 2. The van der Waals surface area contributed by atoms with Crippen LogP contribution >= 0.6 is 0 Å². The lowest BCUT2D eigenvalue weighted by atomic mass is 10.1. The summed E-state index contributed by atoms with van der Waals surface area (Å²) < 4.78 is 10.4. The highest BCUT2D eigenvalue weighted by molar-refractivity contribution is 6.18. The summed E-state index contributed by atoms with van der Waals surface area (Å²) >= 11 is 0. The highest BCUT2D eigenvalue weighted by Crippen LogP contribution is 2.33. The van der Waals surface area contributed by atoms with Gasteiger partial charge < -0.3 is 19.7 Å². The third-order valence-corrected chi connectivity index (χ3v) is 5.42. The van der Waals surface area contributed by atoms with Gasteiger partial charge in [0.25, 0.3) is 0 Å². The van der Waals surface area contributed by atoms with Gasteiger partial charge in [0.1, 0.15) is 18.0 Å². The van der Waals surface area contributed by atoms with Crippen molar-refractivity contribution in [3.8, 4) is 11.5 Å². The summed E-state index contributed by atoms with van der Waals surface area (Å²) in [6.07, 6.45) is 0.0900. The number of benzene rings is 3. The highest BCUT2D eigenvalue weighted by Gasteiger charge is 2.26. The van der Waals surface area contributed by atoms with Gasteiger partial charge in [0.05, 0.1) is 37.7 Å². The number of hydrogen-bond donors (Lipinski definition) is 1. The quantitative estimate of drug-likeness (QED) is 0.601. The van der Waals surface area contributed by atoms with Crippen molar-refractivity contribution in [3.05, 3.63) is 83.9 Å². The fourth-order valence-electron chi connectivity index (χ4n) is 3.61. The van der Waals surface area contributed by atoms with E-state index < -0.39 is 0 Å². The van der Waals surface area contributed by atoms with E-state index in [4.69, 9.17) is 14.5 Å². The van der Waals surface area contributed by atoms with Crippen LogP contribution in [0.5, 0.6) is 11.5 Å². The smallest absolute Gasteiger partial charge is 0.240 e. The Balaban J connectivity index is 1.50. The SMILES string of the molecule is COc1ccc(CNC(=O)CN2C(=O)CC(c3ccc(OC)cc3)=Nc3ccccc32)cc1. The molecule has 33 heavy (non-hydrogen) atoms. The predicted octanol–water partition coefficient (Wildman–Crippen LogP) is 3.88.